The Kier molecular flexibility index (Phi) is 4.32. The van der Waals surface area contributed by atoms with Crippen molar-refractivity contribution in [1.29, 1.82) is 0 Å². The van der Waals surface area contributed by atoms with Gasteiger partial charge in [0.05, 0.1) is 6.16 Å². The molecule has 1 atom stereocenters. The van der Waals surface area contributed by atoms with Crippen LogP contribution in [0.1, 0.15) is 42.0 Å². The number of aromatic hydroxyl groups is 1. The quantitative estimate of drug-likeness (QED) is 0.820. The molecule has 0 spiro atoms. The summed E-state index contributed by atoms with van der Waals surface area (Å²) in [4.78, 5) is 0. The van der Waals surface area contributed by atoms with Crippen LogP contribution in [0.5, 0.6) is 11.5 Å². The molecular formula is C18H30O2P+. The zero-order valence-corrected chi connectivity index (χ0v) is 15.5. The lowest BCUT2D eigenvalue weighted by molar-refractivity contribution is 0.0607. The van der Waals surface area contributed by atoms with E-state index in [1.165, 1.54) is 11.7 Å². The summed E-state index contributed by atoms with van der Waals surface area (Å²) < 4.78 is 6.47. The standard InChI is InChI=1S/C18H29O2P/c1-12-13(2)17-15(14(3)16(12)19)8-9-18(4,20-17)10-11-21(5,6)7/h8-11H2,1-7H3/p+1/t18-/m0/s1. The van der Waals surface area contributed by atoms with Crippen molar-refractivity contribution in [2.75, 3.05) is 26.2 Å². The summed E-state index contributed by atoms with van der Waals surface area (Å²) in [6, 6.07) is 0. The van der Waals surface area contributed by atoms with Gasteiger partial charge in [-0.05, 0) is 57.2 Å². The van der Waals surface area contributed by atoms with Crippen LogP contribution in [0, 0.1) is 20.8 Å². The fraction of sp³-hybridized carbons (Fsp3) is 0.667. The molecule has 0 saturated heterocycles. The van der Waals surface area contributed by atoms with E-state index in [0.717, 1.165) is 41.7 Å². The van der Waals surface area contributed by atoms with Crippen LogP contribution >= 0.6 is 7.26 Å². The van der Waals surface area contributed by atoms with Crippen LogP contribution in [-0.4, -0.2) is 36.9 Å². The molecule has 2 rings (SSSR count). The Hall–Kier alpha value is -0.750. The van der Waals surface area contributed by atoms with Crippen LogP contribution in [-0.2, 0) is 6.42 Å². The second-order valence-corrected chi connectivity index (χ2v) is 12.9. The maximum atomic E-state index is 10.2. The molecule has 0 bridgehead atoms. The third-order valence-electron chi connectivity index (χ3n) is 4.90. The highest BCUT2D eigenvalue weighted by atomic mass is 31.2. The fourth-order valence-corrected chi connectivity index (χ4v) is 4.19. The molecule has 0 amide bonds. The molecule has 0 unspecified atom stereocenters. The smallest absolute Gasteiger partial charge is 0.127 e. The normalized spacial score (nSPS) is 21.9. The average Bonchev–Trinajstić information content (AvgIpc) is 2.40. The van der Waals surface area contributed by atoms with E-state index in [4.69, 9.17) is 4.74 Å². The molecule has 1 aromatic carbocycles. The predicted molar refractivity (Wildman–Crippen MR) is 93.8 cm³/mol. The molecule has 118 valence electrons. The van der Waals surface area contributed by atoms with Crippen molar-refractivity contribution in [1.82, 2.24) is 0 Å². The Balaban J connectivity index is 2.32. The van der Waals surface area contributed by atoms with Crippen LogP contribution in [0.2, 0.25) is 0 Å². The van der Waals surface area contributed by atoms with Gasteiger partial charge in [-0.15, -0.1) is 0 Å². The molecule has 0 aromatic heterocycles. The summed E-state index contributed by atoms with van der Waals surface area (Å²) in [6.45, 7) is 15.5. The lowest BCUT2D eigenvalue weighted by Crippen LogP contribution is -2.38. The molecular weight excluding hydrogens is 279 g/mol. The highest BCUT2D eigenvalue weighted by Crippen LogP contribution is 2.50. The second kappa shape index (κ2) is 5.47. The molecule has 1 aliphatic heterocycles. The second-order valence-electron chi connectivity index (χ2n) is 7.85. The molecule has 0 radical (unpaired) electrons. The van der Waals surface area contributed by atoms with Crippen LogP contribution in [0.15, 0.2) is 0 Å². The molecule has 2 nitrogen and oxygen atoms in total. The van der Waals surface area contributed by atoms with Gasteiger partial charge in [-0.3, -0.25) is 0 Å². The number of phenols is 1. The van der Waals surface area contributed by atoms with E-state index in [-0.39, 0.29) is 5.60 Å². The predicted octanol–water partition coefficient (Wildman–Crippen LogP) is 4.70. The molecule has 1 aromatic rings. The Morgan fingerprint density at radius 1 is 1.10 bits per heavy atom. The topological polar surface area (TPSA) is 29.5 Å². The summed E-state index contributed by atoms with van der Waals surface area (Å²) >= 11 is 0. The van der Waals surface area contributed by atoms with E-state index in [1.807, 2.05) is 13.8 Å². The SMILES string of the molecule is Cc1c(C)c2c(c(C)c1O)CC[C@@](C)(CC[P+](C)(C)C)O2. The van der Waals surface area contributed by atoms with Gasteiger partial charge in [-0.25, -0.2) is 0 Å². The van der Waals surface area contributed by atoms with E-state index in [9.17, 15) is 5.11 Å². The van der Waals surface area contributed by atoms with Crippen LogP contribution in [0.25, 0.3) is 0 Å². The van der Waals surface area contributed by atoms with Gasteiger partial charge in [0.25, 0.3) is 0 Å². The van der Waals surface area contributed by atoms with Crippen molar-refractivity contribution < 1.29 is 9.84 Å². The number of benzene rings is 1. The lowest BCUT2D eigenvalue weighted by atomic mass is 9.86. The number of rotatable bonds is 3. The van der Waals surface area contributed by atoms with Crippen molar-refractivity contribution in [3.8, 4) is 11.5 Å². The Labute approximate surface area is 130 Å². The van der Waals surface area contributed by atoms with E-state index >= 15 is 0 Å². The van der Waals surface area contributed by atoms with Crippen molar-refractivity contribution in [2.45, 2.75) is 52.6 Å². The van der Waals surface area contributed by atoms with Crippen molar-refractivity contribution in [2.24, 2.45) is 0 Å². The van der Waals surface area contributed by atoms with E-state index in [2.05, 4.69) is 33.8 Å². The number of hydrogen-bond donors (Lipinski definition) is 1. The molecule has 3 heteroatoms. The van der Waals surface area contributed by atoms with Gasteiger partial charge < -0.3 is 9.84 Å². The molecule has 0 fully saturated rings. The minimum absolute atomic E-state index is 0.0547. The fourth-order valence-electron chi connectivity index (χ4n) is 3.04. The first-order valence-electron chi connectivity index (χ1n) is 7.85. The monoisotopic (exact) mass is 309 g/mol. The Morgan fingerprint density at radius 3 is 2.29 bits per heavy atom. The van der Waals surface area contributed by atoms with Gasteiger partial charge in [0.2, 0.25) is 0 Å². The Morgan fingerprint density at radius 2 is 1.71 bits per heavy atom. The van der Waals surface area contributed by atoms with Crippen LogP contribution in [0.4, 0.5) is 0 Å². The number of fused-ring (bicyclic) bond motifs is 1. The molecule has 1 aliphatic rings. The maximum Gasteiger partial charge on any atom is 0.127 e. The van der Waals surface area contributed by atoms with Gasteiger partial charge in [0.15, 0.2) is 0 Å². The lowest BCUT2D eigenvalue weighted by Gasteiger charge is -2.38. The minimum atomic E-state index is -0.768. The van der Waals surface area contributed by atoms with E-state index in [0.29, 0.717) is 5.75 Å². The third kappa shape index (κ3) is 3.37. The molecule has 0 saturated carbocycles. The van der Waals surface area contributed by atoms with Gasteiger partial charge in [-0.1, -0.05) is 0 Å². The van der Waals surface area contributed by atoms with Crippen molar-refractivity contribution in [3.63, 3.8) is 0 Å². The summed E-state index contributed by atoms with van der Waals surface area (Å²) in [6.07, 6.45) is 4.45. The molecule has 21 heavy (non-hydrogen) atoms. The maximum absolute atomic E-state index is 10.2. The van der Waals surface area contributed by atoms with Crippen molar-refractivity contribution >= 4 is 7.26 Å². The van der Waals surface area contributed by atoms with E-state index < -0.39 is 7.26 Å². The first kappa shape index (κ1) is 16.6. The zero-order chi connectivity index (χ0) is 16.0. The number of ether oxygens (including phenoxy) is 1. The summed E-state index contributed by atoms with van der Waals surface area (Å²) in [5.74, 6) is 1.47. The number of hydrogen-bond acceptors (Lipinski definition) is 2. The highest BCUT2D eigenvalue weighted by Gasteiger charge is 2.36. The third-order valence-corrected chi connectivity index (χ3v) is 6.47. The first-order valence-corrected chi connectivity index (χ1v) is 11.2. The first-order chi connectivity index (χ1) is 9.54. The highest BCUT2D eigenvalue weighted by molar-refractivity contribution is 7.73. The van der Waals surface area contributed by atoms with E-state index in [1.54, 1.807) is 0 Å². The van der Waals surface area contributed by atoms with Crippen molar-refractivity contribution in [3.05, 3.63) is 22.3 Å². The molecule has 1 N–H and O–H groups in total. The van der Waals surface area contributed by atoms with Gasteiger partial charge in [-0.2, -0.15) is 0 Å². The summed E-state index contributed by atoms with van der Waals surface area (Å²) in [5.41, 5.74) is 4.21. The number of phenolic OH excluding ortho intramolecular Hbond substituents is 1. The van der Waals surface area contributed by atoms with Gasteiger partial charge in [0, 0.05) is 39.2 Å². The largest absolute Gasteiger partial charge is 0.507 e. The molecule has 0 aliphatic carbocycles. The van der Waals surface area contributed by atoms with Crippen LogP contribution in [0.3, 0.4) is 0 Å². The minimum Gasteiger partial charge on any atom is -0.507 e. The Bertz CT molecular complexity index is 558. The summed E-state index contributed by atoms with van der Waals surface area (Å²) in [7, 11) is -0.768. The van der Waals surface area contributed by atoms with Gasteiger partial charge >= 0.3 is 0 Å². The zero-order valence-electron chi connectivity index (χ0n) is 14.6. The average molecular weight is 309 g/mol. The molecule has 1 heterocycles. The summed E-state index contributed by atoms with van der Waals surface area (Å²) in [5, 5.41) is 10.2. The van der Waals surface area contributed by atoms with Gasteiger partial charge in [0.1, 0.15) is 17.1 Å². The van der Waals surface area contributed by atoms with Crippen LogP contribution < -0.4 is 4.74 Å².